The standard InChI is InChI=1S/C14H17N3O2/c15-11-6-3-7-12(8-11)18-9-13-16-14(17-19-13)10-4-1-2-5-10/h3,6-8,10H,1-2,4-5,9,15H2. The molecule has 0 aliphatic heterocycles. The molecule has 0 saturated heterocycles. The van der Waals surface area contributed by atoms with Gasteiger partial charge in [-0.2, -0.15) is 4.98 Å². The minimum absolute atomic E-state index is 0.281. The average molecular weight is 259 g/mol. The average Bonchev–Trinajstić information content (AvgIpc) is 3.07. The SMILES string of the molecule is Nc1cccc(OCc2nc(C3CCCC3)no2)c1. The second-order valence-electron chi connectivity index (χ2n) is 4.89. The third kappa shape index (κ3) is 2.86. The van der Waals surface area contributed by atoms with Crippen LogP contribution in [0.2, 0.25) is 0 Å². The summed E-state index contributed by atoms with van der Waals surface area (Å²) >= 11 is 0. The molecule has 1 aliphatic rings. The molecule has 1 aromatic carbocycles. The number of benzene rings is 1. The minimum atomic E-state index is 0.281. The van der Waals surface area contributed by atoms with Gasteiger partial charge >= 0.3 is 0 Å². The Morgan fingerprint density at radius 1 is 1.32 bits per heavy atom. The zero-order chi connectivity index (χ0) is 13.1. The molecule has 0 unspecified atom stereocenters. The molecule has 0 atom stereocenters. The number of aromatic nitrogens is 2. The first-order valence-corrected chi connectivity index (χ1v) is 6.62. The van der Waals surface area contributed by atoms with Crippen molar-refractivity contribution < 1.29 is 9.26 Å². The van der Waals surface area contributed by atoms with E-state index in [1.54, 1.807) is 6.07 Å². The highest BCUT2D eigenvalue weighted by Crippen LogP contribution is 2.32. The summed E-state index contributed by atoms with van der Waals surface area (Å²) in [5.41, 5.74) is 6.36. The smallest absolute Gasteiger partial charge is 0.264 e. The van der Waals surface area contributed by atoms with Gasteiger partial charge in [0.2, 0.25) is 0 Å². The summed E-state index contributed by atoms with van der Waals surface area (Å²) in [6.45, 7) is 0.281. The summed E-state index contributed by atoms with van der Waals surface area (Å²) in [4.78, 5) is 4.40. The first-order chi connectivity index (χ1) is 9.31. The second kappa shape index (κ2) is 5.30. The Morgan fingerprint density at radius 2 is 2.16 bits per heavy atom. The van der Waals surface area contributed by atoms with Crippen molar-refractivity contribution in [2.75, 3.05) is 5.73 Å². The molecule has 19 heavy (non-hydrogen) atoms. The molecule has 0 bridgehead atoms. The quantitative estimate of drug-likeness (QED) is 0.854. The summed E-state index contributed by atoms with van der Waals surface area (Å²) in [5.74, 6) is 2.51. The van der Waals surface area contributed by atoms with Crippen LogP contribution in [0, 0.1) is 0 Å². The Kier molecular flexibility index (Phi) is 3.35. The summed E-state index contributed by atoms with van der Waals surface area (Å²) in [5, 5.41) is 4.04. The van der Waals surface area contributed by atoms with Crippen LogP contribution in [-0.2, 0) is 6.61 Å². The fourth-order valence-electron chi connectivity index (χ4n) is 2.43. The zero-order valence-electron chi connectivity index (χ0n) is 10.7. The van der Waals surface area contributed by atoms with Crippen molar-refractivity contribution in [3.8, 4) is 5.75 Å². The topological polar surface area (TPSA) is 74.2 Å². The fraction of sp³-hybridized carbons (Fsp3) is 0.429. The highest BCUT2D eigenvalue weighted by molar-refractivity contribution is 5.43. The lowest BCUT2D eigenvalue weighted by Gasteiger charge is -2.03. The molecule has 1 heterocycles. The number of anilines is 1. The van der Waals surface area contributed by atoms with Crippen LogP contribution in [0.5, 0.6) is 5.75 Å². The van der Waals surface area contributed by atoms with Crippen LogP contribution in [0.3, 0.4) is 0 Å². The van der Waals surface area contributed by atoms with Crippen molar-refractivity contribution in [2.24, 2.45) is 0 Å². The van der Waals surface area contributed by atoms with Gasteiger partial charge in [-0.25, -0.2) is 0 Å². The molecule has 1 aromatic heterocycles. The molecule has 0 amide bonds. The maximum absolute atomic E-state index is 5.68. The van der Waals surface area contributed by atoms with Crippen LogP contribution >= 0.6 is 0 Å². The van der Waals surface area contributed by atoms with Gasteiger partial charge < -0.3 is 15.0 Å². The van der Waals surface area contributed by atoms with Crippen LogP contribution in [-0.4, -0.2) is 10.1 Å². The number of nitrogens with zero attached hydrogens (tertiary/aromatic N) is 2. The Balaban J connectivity index is 1.61. The Labute approximate surface area is 111 Å². The Hall–Kier alpha value is -2.04. The van der Waals surface area contributed by atoms with E-state index in [4.69, 9.17) is 15.0 Å². The Morgan fingerprint density at radius 3 is 2.95 bits per heavy atom. The van der Waals surface area contributed by atoms with E-state index in [0.29, 0.717) is 23.2 Å². The fourth-order valence-corrected chi connectivity index (χ4v) is 2.43. The van der Waals surface area contributed by atoms with Crippen molar-refractivity contribution in [3.63, 3.8) is 0 Å². The maximum Gasteiger partial charge on any atom is 0.264 e. The minimum Gasteiger partial charge on any atom is -0.484 e. The van der Waals surface area contributed by atoms with Crippen LogP contribution in [0.25, 0.3) is 0 Å². The largest absolute Gasteiger partial charge is 0.484 e. The summed E-state index contributed by atoms with van der Waals surface area (Å²) in [6, 6.07) is 7.29. The van der Waals surface area contributed by atoms with E-state index in [-0.39, 0.29) is 6.61 Å². The van der Waals surface area contributed by atoms with Gasteiger partial charge in [-0.05, 0) is 25.0 Å². The molecule has 0 spiro atoms. The van der Waals surface area contributed by atoms with E-state index in [2.05, 4.69) is 10.1 Å². The van der Waals surface area contributed by atoms with Crippen molar-refractivity contribution in [3.05, 3.63) is 36.0 Å². The molecule has 1 aliphatic carbocycles. The third-order valence-corrected chi connectivity index (χ3v) is 3.42. The maximum atomic E-state index is 5.68. The molecular weight excluding hydrogens is 242 g/mol. The van der Waals surface area contributed by atoms with Crippen molar-refractivity contribution in [2.45, 2.75) is 38.2 Å². The van der Waals surface area contributed by atoms with E-state index in [1.165, 1.54) is 12.8 Å². The number of hydrogen-bond donors (Lipinski definition) is 1. The molecule has 1 fully saturated rings. The lowest BCUT2D eigenvalue weighted by atomic mass is 10.1. The second-order valence-corrected chi connectivity index (χ2v) is 4.89. The number of nitrogens with two attached hydrogens (primary N) is 1. The van der Waals surface area contributed by atoms with Crippen LogP contribution in [0.15, 0.2) is 28.8 Å². The van der Waals surface area contributed by atoms with Crippen molar-refractivity contribution >= 4 is 5.69 Å². The van der Waals surface area contributed by atoms with E-state index >= 15 is 0 Å². The molecule has 1 saturated carbocycles. The van der Waals surface area contributed by atoms with E-state index in [0.717, 1.165) is 18.7 Å². The predicted octanol–water partition coefficient (Wildman–Crippen LogP) is 2.89. The van der Waals surface area contributed by atoms with Gasteiger partial charge in [0.25, 0.3) is 5.89 Å². The van der Waals surface area contributed by atoms with Gasteiger partial charge in [0.15, 0.2) is 12.4 Å². The summed E-state index contributed by atoms with van der Waals surface area (Å²) in [7, 11) is 0. The van der Waals surface area contributed by atoms with Gasteiger partial charge in [0.05, 0.1) is 0 Å². The predicted molar refractivity (Wildman–Crippen MR) is 70.7 cm³/mol. The monoisotopic (exact) mass is 259 g/mol. The van der Waals surface area contributed by atoms with Crippen molar-refractivity contribution in [1.82, 2.24) is 10.1 Å². The highest BCUT2D eigenvalue weighted by Gasteiger charge is 2.22. The number of ether oxygens (including phenoxy) is 1. The van der Waals surface area contributed by atoms with E-state index in [9.17, 15) is 0 Å². The molecule has 100 valence electrons. The summed E-state index contributed by atoms with van der Waals surface area (Å²) < 4.78 is 10.8. The normalized spacial score (nSPS) is 15.8. The number of rotatable bonds is 4. The summed E-state index contributed by atoms with van der Waals surface area (Å²) in [6.07, 6.45) is 4.84. The lowest BCUT2D eigenvalue weighted by molar-refractivity contribution is 0.242. The molecule has 2 aromatic rings. The van der Waals surface area contributed by atoms with Gasteiger partial charge in [-0.15, -0.1) is 0 Å². The first-order valence-electron chi connectivity index (χ1n) is 6.62. The van der Waals surface area contributed by atoms with E-state index in [1.807, 2.05) is 18.2 Å². The number of hydrogen-bond acceptors (Lipinski definition) is 5. The van der Waals surface area contributed by atoms with Gasteiger partial charge in [-0.1, -0.05) is 24.1 Å². The first kappa shape index (κ1) is 12.0. The highest BCUT2D eigenvalue weighted by atomic mass is 16.5. The molecule has 2 N–H and O–H groups in total. The van der Waals surface area contributed by atoms with E-state index < -0.39 is 0 Å². The molecular formula is C14H17N3O2. The Bertz CT molecular complexity index is 547. The van der Waals surface area contributed by atoms with Crippen molar-refractivity contribution in [1.29, 1.82) is 0 Å². The molecule has 5 nitrogen and oxygen atoms in total. The number of nitrogen functional groups attached to an aromatic ring is 1. The molecule has 3 rings (SSSR count). The van der Waals surface area contributed by atoms with Crippen LogP contribution < -0.4 is 10.5 Å². The van der Waals surface area contributed by atoms with Gasteiger partial charge in [0, 0.05) is 17.7 Å². The zero-order valence-corrected chi connectivity index (χ0v) is 10.7. The van der Waals surface area contributed by atoms with Crippen LogP contribution in [0.4, 0.5) is 5.69 Å². The molecule has 5 heteroatoms. The third-order valence-electron chi connectivity index (χ3n) is 3.42. The molecule has 0 radical (unpaired) electrons. The van der Waals surface area contributed by atoms with Gasteiger partial charge in [0.1, 0.15) is 5.75 Å². The van der Waals surface area contributed by atoms with Crippen LogP contribution in [0.1, 0.15) is 43.3 Å². The van der Waals surface area contributed by atoms with Gasteiger partial charge in [-0.3, -0.25) is 0 Å². The lowest BCUT2D eigenvalue weighted by Crippen LogP contribution is -1.98.